The lowest BCUT2D eigenvalue weighted by molar-refractivity contribution is 0.0944. The minimum atomic E-state index is -0.0958. The highest BCUT2D eigenvalue weighted by atomic mass is 16.2. The average molecular weight is 196 g/mol. The molecular formula is C9H16N4O. The Morgan fingerprint density at radius 2 is 2.43 bits per heavy atom. The van der Waals surface area contributed by atoms with E-state index in [1.807, 2.05) is 6.92 Å². The Balaban J connectivity index is 2.56. The van der Waals surface area contributed by atoms with Crippen LogP contribution in [0.3, 0.4) is 0 Å². The molecule has 0 saturated carbocycles. The second-order valence-corrected chi connectivity index (χ2v) is 3.19. The molecule has 14 heavy (non-hydrogen) atoms. The number of rotatable bonds is 4. The zero-order valence-electron chi connectivity index (χ0n) is 8.58. The molecule has 0 unspecified atom stereocenters. The molecule has 0 aliphatic carbocycles. The van der Waals surface area contributed by atoms with Gasteiger partial charge in [0, 0.05) is 13.6 Å². The van der Waals surface area contributed by atoms with Gasteiger partial charge in [-0.15, -0.1) is 0 Å². The lowest BCUT2D eigenvalue weighted by Gasteiger charge is -2.03. The molecule has 1 aromatic heterocycles. The minimum absolute atomic E-state index is 0.0958. The number of amides is 1. The molecule has 0 fully saturated rings. The van der Waals surface area contributed by atoms with E-state index in [-0.39, 0.29) is 5.91 Å². The molecule has 0 radical (unpaired) electrons. The first-order chi connectivity index (χ1) is 6.65. The molecule has 0 aliphatic heterocycles. The summed E-state index contributed by atoms with van der Waals surface area (Å²) >= 11 is 0. The van der Waals surface area contributed by atoms with Crippen molar-refractivity contribution in [1.29, 1.82) is 0 Å². The first kappa shape index (κ1) is 10.7. The zero-order valence-corrected chi connectivity index (χ0v) is 8.58. The maximum atomic E-state index is 11.5. The highest BCUT2D eigenvalue weighted by Gasteiger charge is 2.10. The lowest BCUT2D eigenvalue weighted by Crippen LogP contribution is -2.27. The molecule has 1 aromatic rings. The Morgan fingerprint density at radius 1 is 1.71 bits per heavy atom. The monoisotopic (exact) mass is 196 g/mol. The SMILES string of the molecule is Cc1cc(C(=O)NCCCN)n(C)n1. The van der Waals surface area contributed by atoms with Crippen LogP contribution in [0.2, 0.25) is 0 Å². The number of hydrogen-bond donors (Lipinski definition) is 2. The van der Waals surface area contributed by atoms with E-state index in [2.05, 4.69) is 10.4 Å². The van der Waals surface area contributed by atoms with Crippen molar-refractivity contribution in [3.05, 3.63) is 17.5 Å². The summed E-state index contributed by atoms with van der Waals surface area (Å²) in [7, 11) is 1.75. The van der Waals surface area contributed by atoms with Crippen molar-refractivity contribution in [3.63, 3.8) is 0 Å². The normalized spacial score (nSPS) is 10.2. The first-order valence-electron chi connectivity index (χ1n) is 4.64. The van der Waals surface area contributed by atoms with Crippen LogP contribution in [0.1, 0.15) is 22.6 Å². The molecule has 78 valence electrons. The number of hydrogen-bond acceptors (Lipinski definition) is 3. The van der Waals surface area contributed by atoms with Crippen LogP contribution >= 0.6 is 0 Å². The van der Waals surface area contributed by atoms with Crippen LogP contribution in [0.4, 0.5) is 0 Å². The lowest BCUT2D eigenvalue weighted by atomic mass is 10.3. The van der Waals surface area contributed by atoms with E-state index in [4.69, 9.17) is 5.73 Å². The highest BCUT2D eigenvalue weighted by molar-refractivity contribution is 5.92. The van der Waals surface area contributed by atoms with Gasteiger partial charge in [0.2, 0.25) is 0 Å². The Kier molecular flexibility index (Phi) is 3.64. The van der Waals surface area contributed by atoms with Crippen molar-refractivity contribution in [2.24, 2.45) is 12.8 Å². The van der Waals surface area contributed by atoms with E-state index >= 15 is 0 Å². The third-order valence-corrected chi connectivity index (χ3v) is 1.90. The van der Waals surface area contributed by atoms with E-state index in [9.17, 15) is 4.79 Å². The van der Waals surface area contributed by atoms with Crippen LogP contribution in [-0.4, -0.2) is 28.8 Å². The average Bonchev–Trinajstić information content (AvgIpc) is 2.45. The third kappa shape index (κ3) is 2.56. The van der Waals surface area contributed by atoms with Crippen molar-refractivity contribution in [2.75, 3.05) is 13.1 Å². The molecule has 0 bridgehead atoms. The number of aromatic nitrogens is 2. The molecule has 0 spiro atoms. The molecule has 0 saturated heterocycles. The number of aryl methyl sites for hydroxylation is 2. The molecular weight excluding hydrogens is 180 g/mol. The summed E-state index contributed by atoms with van der Waals surface area (Å²) in [5.74, 6) is -0.0958. The standard InChI is InChI=1S/C9H16N4O/c1-7-6-8(13(2)12-7)9(14)11-5-3-4-10/h6H,3-5,10H2,1-2H3,(H,11,14). The van der Waals surface area contributed by atoms with Gasteiger partial charge in [0.1, 0.15) is 5.69 Å². The van der Waals surface area contributed by atoms with Crippen LogP contribution in [0.15, 0.2) is 6.07 Å². The van der Waals surface area contributed by atoms with Crippen molar-refractivity contribution < 1.29 is 4.79 Å². The van der Waals surface area contributed by atoms with Crippen molar-refractivity contribution in [3.8, 4) is 0 Å². The van der Waals surface area contributed by atoms with Crippen LogP contribution in [0.5, 0.6) is 0 Å². The summed E-state index contributed by atoms with van der Waals surface area (Å²) in [6.07, 6.45) is 0.794. The Hall–Kier alpha value is -1.36. The predicted molar refractivity (Wildman–Crippen MR) is 53.9 cm³/mol. The topological polar surface area (TPSA) is 72.9 Å². The second-order valence-electron chi connectivity index (χ2n) is 3.19. The molecule has 1 heterocycles. The van der Waals surface area contributed by atoms with Crippen LogP contribution < -0.4 is 11.1 Å². The van der Waals surface area contributed by atoms with Gasteiger partial charge < -0.3 is 11.1 Å². The zero-order chi connectivity index (χ0) is 10.6. The van der Waals surface area contributed by atoms with E-state index in [0.717, 1.165) is 12.1 Å². The maximum absolute atomic E-state index is 11.5. The van der Waals surface area contributed by atoms with Crippen molar-refractivity contribution >= 4 is 5.91 Å². The fourth-order valence-electron chi connectivity index (χ4n) is 1.22. The largest absolute Gasteiger partial charge is 0.351 e. The summed E-state index contributed by atoms with van der Waals surface area (Å²) in [4.78, 5) is 11.5. The number of nitrogens with one attached hydrogen (secondary N) is 1. The summed E-state index contributed by atoms with van der Waals surface area (Å²) in [6.45, 7) is 3.06. The van der Waals surface area contributed by atoms with Crippen LogP contribution in [0, 0.1) is 6.92 Å². The van der Waals surface area contributed by atoms with E-state index < -0.39 is 0 Å². The van der Waals surface area contributed by atoms with E-state index in [0.29, 0.717) is 18.8 Å². The fourth-order valence-corrected chi connectivity index (χ4v) is 1.22. The Bertz CT molecular complexity index is 319. The number of nitrogens with two attached hydrogens (primary N) is 1. The van der Waals surface area contributed by atoms with Gasteiger partial charge in [-0.05, 0) is 26.0 Å². The number of nitrogens with zero attached hydrogens (tertiary/aromatic N) is 2. The second kappa shape index (κ2) is 4.76. The van der Waals surface area contributed by atoms with E-state index in [1.54, 1.807) is 17.8 Å². The molecule has 0 aromatic carbocycles. The van der Waals surface area contributed by atoms with Gasteiger partial charge in [0.05, 0.1) is 5.69 Å². The number of carbonyl (C=O) groups is 1. The summed E-state index contributed by atoms with van der Waals surface area (Å²) in [5, 5.41) is 6.87. The summed E-state index contributed by atoms with van der Waals surface area (Å²) in [6, 6.07) is 1.76. The molecule has 0 atom stereocenters. The minimum Gasteiger partial charge on any atom is -0.351 e. The van der Waals surface area contributed by atoms with Gasteiger partial charge >= 0.3 is 0 Å². The van der Waals surface area contributed by atoms with Gasteiger partial charge in [-0.2, -0.15) is 5.10 Å². The van der Waals surface area contributed by atoms with E-state index in [1.165, 1.54) is 0 Å². The van der Waals surface area contributed by atoms with Gasteiger partial charge in [0.15, 0.2) is 0 Å². The number of carbonyl (C=O) groups excluding carboxylic acids is 1. The van der Waals surface area contributed by atoms with Crippen molar-refractivity contribution in [2.45, 2.75) is 13.3 Å². The maximum Gasteiger partial charge on any atom is 0.269 e. The molecule has 1 rings (SSSR count). The smallest absolute Gasteiger partial charge is 0.269 e. The first-order valence-corrected chi connectivity index (χ1v) is 4.64. The fraction of sp³-hybridized carbons (Fsp3) is 0.556. The van der Waals surface area contributed by atoms with Gasteiger partial charge in [-0.1, -0.05) is 0 Å². The van der Waals surface area contributed by atoms with Gasteiger partial charge in [-0.3, -0.25) is 9.48 Å². The highest BCUT2D eigenvalue weighted by Crippen LogP contribution is 2.00. The summed E-state index contributed by atoms with van der Waals surface area (Å²) in [5.41, 5.74) is 6.75. The van der Waals surface area contributed by atoms with Crippen LogP contribution in [-0.2, 0) is 7.05 Å². The van der Waals surface area contributed by atoms with Crippen molar-refractivity contribution in [1.82, 2.24) is 15.1 Å². The van der Waals surface area contributed by atoms with Crippen LogP contribution in [0.25, 0.3) is 0 Å². The predicted octanol–water partition coefficient (Wildman–Crippen LogP) is -0.193. The summed E-state index contributed by atoms with van der Waals surface area (Å²) < 4.78 is 1.58. The molecule has 0 aliphatic rings. The molecule has 5 nitrogen and oxygen atoms in total. The molecule has 3 N–H and O–H groups in total. The Morgan fingerprint density at radius 3 is 2.93 bits per heavy atom. The quantitative estimate of drug-likeness (QED) is 0.655. The molecule has 5 heteroatoms. The third-order valence-electron chi connectivity index (χ3n) is 1.90. The van der Waals surface area contributed by atoms with Gasteiger partial charge in [-0.25, -0.2) is 0 Å². The molecule has 1 amide bonds. The Labute approximate surface area is 83.3 Å². The van der Waals surface area contributed by atoms with Gasteiger partial charge in [0.25, 0.3) is 5.91 Å².